The molecule has 22 heavy (non-hydrogen) atoms. The number of hydrogen-bond acceptors (Lipinski definition) is 4. The van der Waals surface area contributed by atoms with Gasteiger partial charge in [-0.25, -0.2) is 4.39 Å². The molecule has 3 rings (SSSR count). The fourth-order valence-corrected chi connectivity index (χ4v) is 3.37. The van der Waals surface area contributed by atoms with Crippen LogP contribution in [0.2, 0.25) is 0 Å². The first-order valence-electron chi connectivity index (χ1n) is 8.18. The van der Waals surface area contributed by atoms with Gasteiger partial charge in [-0.15, -0.1) is 0 Å². The second-order valence-electron chi connectivity index (χ2n) is 6.35. The standard InChI is InChI=1S/C17H25FN2O2/c1-13-12-22-14(11-21)9-20(13)10-15-16(18)5-4-6-17(15)19-7-2-3-8-19/h4-6,13-14,21H,2-3,7-12H2,1H3/t13-,14+/m0/s1. The maximum absolute atomic E-state index is 14.4. The van der Waals surface area contributed by atoms with Crippen molar-refractivity contribution in [1.82, 2.24) is 4.90 Å². The minimum Gasteiger partial charge on any atom is -0.394 e. The van der Waals surface area contributed by atoms with Gasteiger partial charge in [0, 0.05) is 43.5 Å². The van der Waals surface area contributed by atoms with Crippen molar-refractivity contribution in [2.75, 3.05) is 37.7 Å². The summed E-state index contributed by atoms with van der Waals surface area (Å²) in [5.74, 6) is -0.136. The van der Waals surface area contributed by atoms with Crippen LogP contribution in [0.5, 0.6) is 0 Å². The van der Waals surface area contributed by atoms with Crippen LogP contribution < -0.4 is 4.90 Å². The molecule has 1 N–H and O–H groups in total. The molecular weight excluding hydrogens is 283 g/mol. The second-order valence-corrected chi connectivity index (χ2v) is 6.35. The summed E-state index contributed by atoms with van der Waals surface area (Å²) < 4.78 is 20.0. The summed E-state index contributed by atoms with van der Waals surface area (Å²) in [4.78, 5) is 4.50. The molecule has 122 valence electrons. The van der Waals surface area contributed by atoms with Crippen LogP contribution in [0.25, 0.3) is 0 Å². The second kappa shape index (κ2) is 6.94. The third-order valence-electron chi connectivity index (χ3n) is 4.74. The molecule has 0 aliphatic carbocycles. The van der Waals surface area contributed by atoms with Gasteiger partial charge >= 0.3 is 0 Å². The molecular formula is C17H25FN2O2. The minimum atomic E-state index is -0.168. The number of rotatable bonds is 4. The Morgan fingerprint density at radius 2 is 2.09 bits per heavy atom. The van der Waals surface area contributed by atoms with Gasteiger partial charge in [0.15, 0.2) is 0 Å². The highest BCUT2D eigenvalue weighted by Gasteiger charge is 2.28. The summed E-state index contributed by atoms with van der Waals surface area (Å²) in [6.45, 7) is 5.91. The third-order valence-corrected chi connectivity index (χ3v) is 4.74. The molecule has 2 fully saturated rings. The van der Waals surface area contributed by atoms with Crippen LogP contribution in [0.4, 0.5) is 10.1 Å². The van der Waals surface area contributed by atoms with Crippen LogP contribution in [0, 0.1) is 5.82 Å². The Balaban J connectivity index is 1.81. The van der Waals surface area contributed by atoms with Crippen molar-refractivity contribution in [3.63, 3.8) is 0 Å². The largest absolute Gasteiger partial charge is 0.394 e. The number of benzene rings is 1. The lowest BCUT2D eigenvalue weighted by atomic mass is 10.1. The predicted octanol–water partition coefficient (Wildman–Crippen LogP) is 2.01. The lowest BCUT2D eigenvalue weighted by molar-refractivity contribution is -0.0807. The van der Waals surface area contributed by atoms with Crippen molar-refractivity contribution in [3.05, 3.63) is 29.6 Å². The van der Waals surface area contributed by atoms with E-state index >= 15 is 0 Å². The molecule has 1 aromatic carbocycles. The first-order valence-corrected chi connectivity index (χ1v) is 8.18. The summed E-state index contributed by atoms with van der Waals surface area (Å²) >= 11 is 0. The van der Waals surface area contributed by atoms with Gasteiger partial charge in [0.05, 0.1) is 19.3 Å². The average molecular weight is 308 g/mol. The quantitative estimate of drug-likeness (QED) is 0.923. The number of ether oxygens (including phenoxy) is 1. The highest BCUT2D eigenvalue weighted by atomic mass is 19.1. The van der Waals surface area contributed by atoms with Crippen molar-refractivity contribution < 1.29 is 14.2 Å². The Morgan fingerprint density at radius 3 is 2.82 bits per heavy atom. The fourth-order valence-electron chi connectivity index (χ4n) is 3.37. The van der Waals surface area contributed by atoms with Gasteiger partial charge in [-0.05, 0) is 31.9 Å². The van der Waals surface area contributed by atoms with Crippen LogP contribution in [-0.4, -0.2) is 55.0 Å². The molecule has 0 radical (unpaired) electrons. The van der Waals surface area contributed by atoms with Gasteiger partial charge in [-0.1, -0.05) is 6.07 Å². The molecule has 0 bridgehead atoms. The van der Waals surface area contributed by atoms with Crippen LogP contribution >= 0.6 is 0 Å². The lowest BCUT2D eigenvalue weighted by Gasteiger charge is -2.38. The van der Waals surface area contributed by atoms with E-state index in [9.17, 15) is 9.50 Å². The summed E-state index contributed by atoms with van der Waals surface area (Å²) in [5.41, 5.74) is 1.80. The summed E-state index contributed by atoms with van der Waals surface area (Å²) in [6, 6.07) is 5.60. The zero-order valence-electron chi connectivity index (χ0n) is 13.2. The zero-order valence-corrected chi connectivity index (χ0v) is 13.2. The van der Waals surface area contributed by atoms with Crippen molar-refractivity contribution in [2.45, 2.75) is 38.5 Å². The molecule has 0 spiro atoms. The van der Waals surface area contributed by atoms with Crippen molar-refractivity contribution in [3.8, 4) is 0 Å². The molecule has 4 nitrogen and oxygen atoms in total. The van der Waals surface area contributed by atoms with Gasteiger partial charge in [0.1, 0.15) is 5.82 Å². The van der Waals surface area contributed by atoms with E-state index in [4.69, 9.17) is 4.74 Å². The topological polar surface area (TPSA) is 35.9 Å². The highest BCUT2D eigenvalue weighted by Crippen LogP contribution is 2.29. The Kier molecular flexibility index (Phi) is 4.96. The molecule has 2 aliphatic heterocycles. The first kappa shape index (κ1) is 15.7. The van der Waals surface area contributed by atoms with Crippen LogP contribution in [0.3, 0.4) is 0 Å². The van der Waals surface area contributed by atoms with Gasteiger partial charge in [0.2, 0.25) is 0 Å². The van der Waals surface area contributed by atoms with Crippen molar-refractivity contribution in [2.24, 2.45) is 0 Å². The van der Waals surface area contributed by atoms with E-state index in [0.29, 0.717) is 19.7 Å². The molecule has 2 saturated heterocycles. The molecule has 0 amide bonds. The SMILES string of the molecule is C[C@H]1CO[C@@H](CO)CN1Cc1c(F)cccc1N1CCCC1. The van der Waals surface area contributed by atoms with E-state index in [1.807, 2.05) is 6.07 Å². The van der Waals surface area contributed by atoms with Gasteiger partial charge in [0.25, 0.3) is 0 Å². The Hall–Kier alpha value is -1.17. The van der Waals surface area contributed by atoms with Gasteiger partial charge < -0.3 is 14.7 Å². The van der Waals surface area contributed by atoms with E-state index in [-0.39, 0.29) is 24.6 Å². The van der Waals surface area contributed by atoms with Crippen LogP contribution in [-0.2, 0) is 11.3 Å². The average Bonchev–Trinajstić information content (AvgIpc) is 3.05. The third kappa shape index (κ3) is 3.26. The zero-order chi connectivity index (χ0) is 15.5. The molecule has 5 heteroatoms. The minimum absolute atomic E-state index is 0.0134. The molecule has 0 saturated carbocycles. The summed E-state index contributed by atoms with van der Waals surface area (Å²) in [5, 5.41) is 9.31. The van der Waals surface area contributed by atoms with Gasteiger partial charge in [-0.2, -0.15) is 0 Å². The molecule has 2 heterocycles. The summed E-state index contributed by atoms with van der Waals surface area (Å²) in [7, 11) is 0. The molecule has 2 atom stereocenters. The Labute approximate surface area is 131 Å². The Morgan fingerprint density at radius 1 is 1.32 bits per heavy atom. The monoisotopic (exact) mass is 308 g/mol. The van der Waals surface area contributed by atoms with E-state index < -0.39 is 0 Å². The lowest BCUT2D eigenvalue weighted by Crippen LogP contribution is -2.49. The Bertz CT molecular complexity index is 505. The maximum atomic E-state index is 14.4. The number of aliphatic hydroxyl groups is 1. The number of halogens is 1. The number of hydrogen-bond donors (Lipinski definition) is 1. The first-order chi connectivity index (χ1) is 10.7. The van der Waals surface area contributed by atoms with E-state index in [0.717, 1.165) is 24.3 Å². The molecule has 0 unspecified atom stereocenters. The molecule has 1 aromatic rings. The number of anilines is 1. The number of nitrogens with zero attached hydrogens (tertiary/aromatic N) is 2. The van der Waals surface area contributed by atoms with Crippen molar-refractivity contribution >= 4 is 5.69 Å². The maximum Gasteiger partial charge on any atom is 0.129 e. The predicted molar refractivity (Wildman–Crippen MR) is 84.5 cm³/mol. The summed E-state index contributed by atoms with van der Waals surface area (Å²) in [6.07, 6.45) is 2.19. The van der Waals surface area contributed by atoms with Crippen LogP contribution in [0.15, 0.2) is 18.2 Å². The highest BCUT2D eigenvalue weighted by molar-refractivity contribution is 5.54. The fraction of sp³-hybridized carbons (Fsp3) is 0.647. The van der Waals surface area contributed by atoms with Crippen molar-refractivity contribution in [1.29, 1.82) is 0 Å². The number of morpholine rings is 1. The smallest absolute Gasteiger partial charge is 0.129 e. The van der Waals surface area contributed by atoms with E-state index in [2.05, 4.69) is 16.7 Å². The van der Waals surface area contributed by atoms with Crippen LogP contribution in [0.1, 0.15) is 25.3 Å². The van der Waals surface area contributed by atoms with Gasteiger partial charge in [-0.3, -0.25) is 4.90 Å². The number of aliphatic hydroxyl groups excluding tert-OH is 1. The molecule has 2 aliphatic rings. The normalized spacial score (nSPS) is 26.6. The van der Waals surface area contributed by atoms with E-state index in [1.54, 1.807) is 12.1 Å². The molecule has 0 aromatic heterocycles. The van der Waals surface area contributed by atoms with E-state index in [1.165, 1.54) is 12.8 Å².